The smallest absolute Gasteiger partial charge is 0.339 e. The maximum Gasteiger partial charge on any atom is 0.339 e. The molecule has 0 radical (unpaired) electrons. The van der Waals surface area contributed by atoms with Crippen molar-refractivity contribution >= 4 is 64.1 Å². The predicted octanol–water partition coefficient (Wildman–Crippen LogP) is 7.95. The average molecular weight is 472 g/mol. The number of hydrogen-bond donors (Lipinski definition) is 0. The van der Waals surface area contributed by atoms with Crippen LogP contribution in [0.15, 0.2) is 65.6 Å². The highest BCUT2D eigenvalue weighted by atomic mass is 35.5. The summed E-state index contributed by atoms with van der Waals surface area (Å²) in [6.07, 6.45) is 0. The van der Waals surface area contributed by atoms with E-state index in [-0.39, 0.29) is 6.61 Å². The third-order valence-electron chi connectivity index (χ3n) is 3.88. The van der Waals surface area contributed by atoms with Crippen LogP contribution in [0.25, 0.3) is 0 Å². The summed E-state index contributed by atoms with van der Waals surface area (Å²) in [5.74, 6) is 0.180. The van der Waals surface area contributed by atoms with E-state index >= 15 is 0 Å². The number of halogens is 4. The molecule has 3 aromatic carbocycles. The molecule has 144 valence electrons. The monoisotopic (exact) mass is 470 g/mol. The van der Waals surface area contributed by atoms with Crippen molar-refractivity contribution in [3.63, 3.8) is 0 Å². The Morgan fingerprint density at radius 1 is 0.821 bits per heavy atom. The average Bonchev–Trinajstić information content (AvgIpc) is 2.66. The minimum Gasteiger partial charge on any atom is -0.457 e. The number of hydrogen-bond acceptors (Lipinski definition) is 3. The molecule has 28 heavy (non-hydrogen) atoms. The summed E-state index contributed by atoms with van der Waals surface area (Å²) in [6.45, 7) is 0.0663. The summed E-state index contributed by atoms with van der Waals surface area (Å²) in [5, 5.41) is 2.17. The Bertz CT molecular complexity index is 1010. The molecule has 0 atom stereocenters. The van der Waals surface area contributed by atoms with Gasteiger partial charge in [0, 0.05) is 36.3 Å². The Morgan fingerprint density at radius 3 is 2.07 bits per heavy atom. The highest BCUT2D eigenvalue weighted by Crippen LogP contribution is 2.31. The third-order valence-corrected chi connectivity index (χ3v) is 6.18. The summed E-state index contributed by atoms with van der Waals surface area (Å²) in [5.41, 5.74) is 2.12. The Hall–Kier alpha value is -1.36. The second kappa shape index (κ2) is 9.91. The lowest BCUT2D eigenvalue weighted by molar-refractivity contribution is 0.0469. The minimum atomic E-state index is -0.420. The van der Waals surface area contributed by atoms with Crippen LogP contribution in [0, 0.1) is 0 Å². The normalized spacial score (nSPS) is 10.7. The lowest BCUT2D eigenvalue weighted by Gasteiger charge is -2.11. The van der Waals surface area contributed by atoms with E-state index in [4.69, 9.17) is 51.1 Å². The first-order valence-corrected chi connectivity index (χ1v) is 10.7. The number of carbonyl (C=O) groups is 1. The maximum atomic E-state index is 12.6. The van der Waals surface area contributed by atoms with Gasteiger partial charge >= 0.3 is 5.97 Å². The van der Waals surface area contributed by atoms with Crippen LogP contribution in [0.2, 0.25) is 20.1 Å². The Labute approximate surface area is 187 Å². The van der Waals surface area contributed by atoms with E-state index in [1.165, 1.54) is 11.8 Å². The molecule has 0 heterocycles. The van der Waals surface area contributed by atoms with Gasteiger partial charge in [-0.3, -0.25) is 0 Å². The molecule has 0 bridgehead atoms. The van der Waals surface area contributed by atoms with Crippen LogP contribution in [0.1, 0.15) is 21.5 Å². The molecule has 0 aliphatic carbocycles. The largest absolute Gasteiger partial charge is 0.457 e. The van der Waals surface area contributed by atoms with Crippen LogP contribution in [0.5, 0.6) is 0 Å². The number of thioether (sulfide) groups is 1. The van der Waals surface area contributed by atoms with Gasteiger partial charge in [-0.2, -0.15) is 0 Å². The molecule has 0 aromatic heterocycles. The number of benzene rings is 3. The molecule has 3 rings (SSSR count). The van der Waals surface area contributed by atoms with Crippen LogP contribution in [-0.4, -0.2) is 5.97 Å². The molecule has 0 saturated carbocycles. The van der Waals surface area contributed by atoms with Gasteiger partial charge in [-0.25, -0.2) is 4.79 Å². The van der Waals surface area contributed by atoms with E-state index in [2.05, 4.69) is 0 Å². The van der Waals surface area contributed by atoms with Gasteiger partial charge in [0.2, 0.25) is 0 Å². The number of carbonyl (C=O) groups excluding carboxylic acids is 1. The second-order valence-electron chi connectivity index (χ2n) is 5.83. The number of esters is 1. The van der Waals surface area contributed by atoms with Gasteiger partial charge < -0.3 is 4.74 Å². The van der Waals surface area contributed by atoms with E-state index in [1.807, 2.05) is 18.2 Å². The predicted molar refractivity (Wildman–Crippen MR) is 118 cm³/mol. The van der Waals surface area contributed by atoms with Gasteiger partial charge in [0.15, 0.2) is 0 Å². The minimum absolute atomic E-state index is 0.0663. The SMILES string of the molecule is O=C(OCc1ccc(Cl)cc1Cl)c1ccccc1SCc1ccc(Cl)cc1Cl. The van der Waals surface area contributed by atoms with Gasteiger partial charge in [-0.15, -0.1) is 11.8 Å². The Balaban J connectivity index is 1.69. The van der Waals surface area contributed by atoms with E-state index in [0.29, 0.717) is 37.0 Å². The number of ether oxygens (including phenoxy) is 1. The first-order valence-electron chi connectivity index (χ1n) is 8.21. The molecule has 3 aromatic rings. The van der Waals surface area contributed by atoms with Gasteiger partial charge in [-0.1, -0.05) is 70.7 Å². The van der Waals surface area contributed by atoms with Gasteiger partial charge in [0.05, 0.1) is 5.56 Å². The lowest BCUT2D eigenvalue weighted by atomic mass is 10.2. The Kier molecular flexibility index (Phi) is 7.55. The summed E-state index contributed by atoms with van der Waals surface area (Å²) in [6, 6.07) is 17.7. The highest BCUT2D eigenvalue weighted by Gasteiger charge is 2.14. The van der Waals surface area contributed by atoms with Crippen molar-refractivity contribution in [3.05, 3.63) is 97.4 Å². The zero-order valence-corrected chi connectivity index (χ0v) is 18.3. The van der Waals surface area contributed by atoms with Gasteiger partial charge in [0.1, 0.15) is 6.61 Å². The van der Waals surface area contributed by atoms with Crippen LogP contribution in [-0.2, 0) is 17.1 Å². The van der Waals surface area contributed by atoms with Crippen LogP contribution in [0.4, 0.5) is 0 Å². The van der Waals surface area contributed by atoms with Crippen molar-refractivity contribution in [3.8, 4) is 0 Å². The van der Waals surface area contributed by atoms with E-state index < -0.39 is 5.97 Å². The fraction of sp³-hybridized carbons (Fsp3) is 0.0952. The van der Waals surface area contributed by atoms with E-state index in [9.17, 15) is 4.79 Å². The molecule has 7 heteroatoms. The molecule has 0 fully saturated rings. The maximum absolute atomic E-state index is 12.6. The molecular weight excluding hydrogens is 458 g/mol. The molecule has 0 aliphatic heterocycles. The topological polar surface area (TPSA) is 26.3 Å². The zero-order valence-electron chi connectivity index (χ0n) is 14.4. The molecule has 0 amide bonds. The van der Waals surface area contributed by atoms with Crippen molar-refractivity contribution in [1.29, 1.82) is 0 Å². The molecular formula is C21H14Cl4O2S. The number of rotatable bonds is 6. The first kappa shape index (κ1) is 21.4. The molecule has 0 aliphatic rings. The van der Waals surface area contributed by atoms with Crippen LogP contribution < -0.4 is 0 Å². The summed E-state index contributed by atoms with van der Waals surface area (Å²) < 4.78 is 5.44. The van der Waals surface area contributed by atoms with Crippen LogP contribution in [0.3, 0.4) is 0 Å². The van der Waals surface area contributed by atoms with Crippen LogP contribution >= 0.6 is 58.2 Å². The van der Waals surface area contributed by atoms with Crippen molar-refractivity contribution in [2.45, 2.75) is 17.3 Å². The fourth-order valence-corrected chi connectivity index (χ4v) is 4.48. The summed E-state index contributed by atoms with van der Waals surface area (Å²) in [7, 11) is 0. The quantitative estimate of drug-likeness (QED) is 0.269. The van der Waals surface area contributed by atoms with Crippen molar-refractivity contribution < 1.29 is 9.53 Å². The summed E-state index contributed by atoms with van der Waals surface area (Å²) >= 11 is 25.7. The van der Waals surface area contributed by atoms with E-state index in [0.717, 1.165) is 10.5 Å². The molecule has 0 unspecified atom stereocenters. The second-order valence-corrected chi connectivity index (χ2v) is 8.54. The lowest BCUT2D eigenvalue weighted by Crippen LogP contribution is -2.07. The summed E-state index contributed by atoms with van der Waals surface area (Å²) in [4.78, 5) is 13.4. The highest BCUT2D eigenvalue weighted by molar-refractivity contribution is 7.98. The Morgan fingerprint density at radius 2 is 1.43 bits per heavy atom. The standard InChI is InChI=1S/C21H14Cl4O2S/c22-15-7-5-13(18(24)9-15)11-27-21(26)17-3-1-2-4-20(17)28-12-14-6-8-16(23)10-19(14)25/h1-10H,11-12H2. The van der Waals surface area contributed by atoms with Gasteiger partial charge in [-0.05, 0) is 42.0 Å². The molecule has 0 spiro atoms. The zero-order chi connectivity index (χ0) is 20.1. The van der Waals surface area contributed by atoms with E-state index in [1.54, 1.807) is 42.5 Å². The van der Waals surface area contributed by atoms with Crippen molar-refractivity contribution in [1.82, 2.24) is 0 Å². The first-order chi connectivity index (χ1) is 13.4. The molecule has 0 saturated heterocycles. The third kappa shape index (κ3) is 5.59. The molecule has 2 nitrogen and oxygen atoms in total. The fourth-order valence-electron chi connectivity index (χ4n) is 2.42. The van der Waals surface area contributed by atoms with Crippen molar-refractivity contribution in [2.75, 3.05) is 0 Å². The van der Waals surface area contributed by atoms with Crippen molar-refractivity contribution in [2.24, 2.45) is 0 Å². The van der Waals surface area contributed by atoms with Gasteiger partial charge in [0.25, 0.3) is 0 Å². The molecule has 0 N–H and O–H groups in total.